The summed E-state index contributed by atoms with van der Waals surface area (Å²) in [7, 11) is 0. The van der Waals surface area contributed by atoms with E-state index in [1.54, 1.807) is 24.3 Å². The van der Waals surface area contributed by atoms with Crippen LogP contribution in [0.15, 0.2) is 66.5 Å². The van der Waals surface area contributed by atoms with Crippen LogP contribution in [-0.4, -0.2) is 31.9 Å². The van der Waals surface area contributed by atoms with Crippen LogP contribution in [0.5, 0.6) is 5.75 Å². The van der Waals surface area contributed by atoms with Crippen molar-refractivity contribution < 1.29 is 19.8 Å². The Kier molecular flexibility index (Phi) is 4.94. The summed E-state index contributed by atoms with van der Waals surface area (Å²) in [6.45, 7) is 3.94. The van der Waals surface area contributed by atoms with E-state index < -0.39 is 17.7 Å². The van der Waals surface area contributed by atoms with Crippen LogP contribution in [0.3, 0.4) is 0 Å². The van der Waals surface area contributed by atoms with Gasteiger partial charge in [-0.2, -0.15) is 0 Å². The van der Waals surface area contributed by atoms with Crippen LogP contribution >= 0.6 is 11.3 Å². The van der Waals surface area contributed by atoms with E-state index in [1.807, 2.05) is 26.0 Å². The third-order valence-electron chi connectivity index (χ3n) is 5.63. The van der Waals surface area contributed by atoms with Gasteiger partial charge in [0.1, 0.15) is 11.5 Å². The number of benzene rings is 2. The van der Waals surface area contributed by atoms with E-state index in [-0.39, 0.29) is 17.1 Å². The van der Waals surface area contributed by atoms with Gasteiger partial charge in [0.2, 0.25) is 0 Å². The number of aromatic nitrogens is 2. The van der Waals surface area contributed by atoms with Gasteiger partial charge in [-0.15, -0.1) is 0 Å². The molecule has 4 aromatic rings. The fraction of sp³-hybridized carbons (Fsp3) is 0.120. The molecule has 8 heteroatoms. The van der Waals surface area contributed by atoms with Crippen molar-refractivity contribution in [1.29, 1.82) is 0 Å². The molecule has 0 radical (unpaired) electrons. The van der Waals surface area contributed by atoms with E-state index in [0.717, 1.165) is 21.3 Å². The predicted octanol–water partition coefficient (Wildman–Crippen LogP) is 4.64. The summed E-state index contributed by atoms with van der Waals surface area (Å²) >= 11 is 1.32. The summed E-state index contributed by atoms with van der Waals surface area (Å²) in [6.07, 6.45) is 3.00. The highest BCUT2D eigenvalue weighted by atomic mass is 32.1. The number of rotatable bonds is 3. The van der Waals surface area contributed by atoms with Crippen molar-refractivity contribution >= 4 is 44.1 Å². The molecular formula is C25H19N3O4S. The number of anilines is 1. The Balaban J connectivity index is 1.75. The average Bonchev–Trinajstić information content (AvgIpc) is 3.33. The van der Waals surface area contributed by atoms with Crippen LogP contribution in [0.25, 0.3) is 16.0 Å². The monoisotopic (exact) mass is 457 g/mol. The minimum Gasteiger partial charge on any atom is -0.508 e. The molecule has 33 heavy (non-hydrogen) atoms. The summed E-state index contributed by atoms with van der Waals surface area (Å²) in [4.78, 5) is 36.4. The van der Waals surface area contributed by atoms with Gasteiger partial charge in [-0.25, -0.2) is 4.98 Å². The van der Waals surface area contributed by atoms with Gasteiger partial charge in [0.05, 0.1) is 21.8 Å². The van der Waals surface area contributed by atoms with E-state index in [2.05, 4.69) is 9.97 Å². The van der Waals surface area contributed by atoms with Crippen LogP contribution in [-0.2, 0) is 9.59 Å². The smallest absolute Gasteiger partial charge is 0.301 e. The summed E-state index contributed by atoms with van der Waals surface area (Å²) in [5.41, 5.74) is 3.72. The van der Waals surface area contributed by atoms with Crippen LogP contribution in [0, 0.1) is 13.8 Å². The van der Waals surface area contributed by atoms with Crippen molar-refractivity contribution in [1.82, 2.24) is 9.97 Å². The second kappa shape index (κ2) is 7.83. The molecule has 1 aliphatic heterocycles. The van der Waals surface area contributed by atoms with Gasteiger partial charge in [-0.1, -0.05) is 29.5 Å². The minimum absolute atomic E-state index is 0.0379. The van der Waals surface area contributed by atoms with Crippen LogP contribution in [0.2, 0.25) is 0 Å². The molecule has 1 aliphatic rings. The molecule has 0 bridgehead atoms. The van der Waals surface area contributed by atoms with Gasteiger partial charge in [-0.3, -0.25) is 19.5 Å². The fourth-order valence-corrected chi connectivity index (χ4v) is 5.30. The van der Waals surface area contributed by atoms with Crippen molar-refractivity contribution in [3.63, 3.8) is 0 Å². The number of aliphatic hydroxyl groups excluding tert-OH is 1. The number of ketones is 1. The molecule has 164 valence electrons. The Labute approximate surface area is 193 Å². The molecule has 7 nitrogen and oxygen atoms in total. The third-order valence-corrected chi connectivity index (χ3v) is 6.63. The maximum absolute atomic E-state index is 13.3. The Hall–Kier alpha value is -4.04. The van der Waals surface area contributed by atoms with Gasteiger partial charge in [-0.05, 0) is 60.9 Å². The first-order valence-corrected chi connectivity index (χ1v) is 11.0. The Morgan fingerprint density at radius 3 is 2.42 bits per heavy atom. The number of carbonyl (C=O) groups is 2. The highest BCUT2D eigenvalue weighted by Crippen LogP contribution is 2.44. The number of hydrogen-bond donors (Lipinski definition) is 2. The molecule has 1 amide bonds. The zero-order valence-electron chi connectivity index (χ0n) is 17.8. The van der Waals surface area contributed by atoms with Gasteiger partial charge < -0.3 is 10.2 Å². The maximum atomic E-state index is 13.3. The van der Waals surface area contributed by atoms with Crippen molar-refractivity contribution in [2.24, 2.45) is 0 Å². The van der Waals surface area contributed by atoms with Gasteiger partial charge in [0.15, 0.2) is 5.13 Å². The highest BCUT2D eigenvalue weighted by molar-refractivity contribution is 7.22. The first-order valence-electron chi connectivity index (χ1n) is 10.2. The number of amides is 1. The van der Waals surface area contributed by atoms with E-state index >= 15 is 0 Å². The van der Waals surface area contributed by atoms with Crippen molar-refractivity contribution in [3.05, 3.63) is 88.8 Å². The molecule has 0 saturated carbocycles. The maximum Gasteiger partial charge on any atom is 0.301 e. The molecular weight excluding hydrogens is 438 g/mol. The standard InChI is InChI=1S/C25H19N3O4S/c1-13-11-14(2)20-18(12-13)33-25(27-20)28-21(15-3-5-17(29)6-4-15)19(23(31)24(28)32)22(30)16-7-9-26-10-8-16/h3-12,21,29-30H,1-2H3/b22-19+. The summed E-state index contributed by atoms with van der Waals surface area (Å²) < 4.78 is 0.906. The first kappa shape index (κ1) is 20.8. The van der Waals surface area contributed by atoms with Crippen molar-refractivity contribution in [3.8, 4) is 5.75 Å². The number of fused-ring (bicyclic) bond motifs is 1. The van der Waals surface area contributed by atoms with Crippen molar-refractivity contribution in [2.75, 3.05) is 4.90 Å². The number of carbonyl (C=O) groups excluding carboxylic acids is 2. The number of nitrogens with zero attached hydrogens (tertiary/aromatic N) is 3. The van der Waals surface area contributed by atoms with Crippen molar-refractivity contribution in [2.45, 2.75) is 19.9 Å². The second-order valence-electron chi connectivity index (χ2n) is 7.92. The molecule has 1 atom stereocenters. The van der Waals surface area contributed by atoms with E-state index in [0.29, 0.717) is 16.3 Å². The lowest BCUT2D eigenvalue weighted by Gasteiger charge is -2.23. The highest BCUT2D eigenvalue weighted by Gasteiger charge is 2.48. The summed E-state index contributed by atoms with van der Waals surface area (Å²) in [6, 6.07) is 12.5. The van der Waals surface area contributed by atoms with Crippen LogP contribution in [0.4, 0.5) is 5.13 Å². The van der Waals surface area contributed by atoms with Gasteiger partial charge >= 0.3 is 5.91 Å². The number of thiazole rings is 1. The van der Waals surface area contributed by atoms with Crippen LogP contribution < -0.4 is 4.90 Å². The normalized spacial score (nSPS) is 17.8. The fourth-order valence-electron chi connectivity index (χ4n) is 4.13. The number of pyridine rings is 1. The number of hydrogen-bond acceptors (Lipinski definition) is 7. The zero-order chi connectivity index (χ0) is 23.3. The number of phenols is 1. The zero-order valence-corrected chi connectivity index (χ0v) is 18.6. The lowest BCUT2D eigenvalue weighted by molar-refractivity contribution is -0.132. The topological polar surface area (TPSA) is 104 Å². The SMILES string of the molecule is Cc1cc(C)c2nc(N3C(=O)C(=O)/C(=C(/O)c4ccncc4)C3c3ccc(O)cc3)sc2c1. The summed E-state index contributed by atoms with van der Waals surface area (Å²) in [5.74, 6) is -1.80. The molecule has 0 spiro atoms. The number of Topliss-reactive ketones (excluding diaryl/α,β-unsaturated/α-hetero) is 1. The average molecular weight is 458 g/mol. The molecule has 2 N–H and O–H groups in total. The third kappa shape index (κ3) is 3.44. The van der Waals surface area contributed by atoms with Gasteiger partial charge in [0.25, 0.3) is 5.78 Å². The Bertz CT molecular complexity index is 1440. The molecule has 3 heterocycles. The first-order chi connectivity index (χ1) is 15.8. The molecule has 1 fully saturated rings. The quantitative estimate of drug-likeness (QED) is 0.264. The largest absolute Gasteiger partial charge is 0.508 e. The molecule has 1 unspecified atom stereocenters. The second-order valence-corrected chi connectivity index (χ2v) is 8.93. The number of aromatic hydroxyl groups is 1. The predicted molar refractivity (Wildman–Crippen MR) is 126 cm³/mol. The Morgan fingerprint density at radius 1 is 1.03 bits per heavy atom. The van der Waals surface area contributed by atoms with Gasteiger partial charge in [0, 0.05) is 18.0 Å². The molecule has 2 aromatic heterocycles. The van der Waals surface area contributed by atoms with E-state index in [9.17, 15) is 19.8 Å². The number of aliphatic hydroxyl groups is 1. The molecule has 2 aromatic carbocycles. The van der Waals surface area contributed by atoms with Crippen LogP contribution in [0.1, 0.15) is 28.3 Å². The molecule has 1 saturated heterocycles. The van der Waals surface area contributed by atoms with E-state index in [4.69, 9.17) is 0 Å². The molecule has 0 aliphatic carbocycles. The number of phenolic OH excluding ortho intramolecular Hbond substituents is 1. The minimum atomic E-state index is -0.902. The van der Waals surface area contributed by atoms with E-state index in [1.165, 1.54) is 40.8 Å². The molecule has 5 rings (SSSR count). The summed E-state index contributed by atoms with van der Waals surface area (Å²) in [5, 5.41) is 21.2. The Morgan fingerprint density at radius 2 is 1.73 bits per heavy atom. The lowest BCUT2D eigenvalue weighted by atomic mass is 9.95. The lowest BCUT2D eigenvalue weighted by Crippen LogP contribution is -2.29. The number of aryl methyl sites for hydroxylation is 2.